The Balaban J connectivity index is 1.61. The van der Waals surface area contributed by atoms with Crippen LogP contribution in [0, 0.1) is 11.7 Å². The summed E-state index contributed by atoms with van der Waals surface area (Å²) < 4.78 is 21.3. The summed E-state index contributed by atoms with van der Waals surface area (Å²) in [6.45, 7) is 4.00. The minimum Gasteiger partial charge on any atom is -0.369 e. The molecule has 0 N–H and O–H groups in total. The van der Waals surface area contributed by atoms with E-state index in [4.69, 9.17) is 4.74 Å². The van der Waals surface area contributed by atoms with Crippen molar-refractivity contribution in [2.75, 3.05) is 18.1 Å². The number of aromatic nitrogens is 2. The smallest absolute Gasteiger partial charge is 0.233 e. The fraction of sp³-hybridized carbons (Fsp3) is 0.444. The molecule has 0 radical (unpaired) electrons. The van der Waals surface area contributed by atoms with Crippen LogP contribution >= 0.6 is 0 Å². The van der Waals surface area contributed by atoms with Crippen LogP contribution in [0.15, 0.2) is 30.6 Å². The van der Waals surface area contributed by atoms with Gasteiger partial charge in [0, 0.05) is 37.8 Å². The van der Waals surface area contributed by atoms with Gasteiger partial charge >= 0.3 is 0 Å². The number of aryl methyl sites for hydroxylation is 1. The lowest BCUT2D eigenvalue weighted by atomic mass is 9.99. The molecule has 1 aromatic carbocycles. The molecule has 2 atom stereocenters. The standard InChI is InChI=1S/C18H20FN3O2/c1-2-21-9-7-20-17(21)16-14(6-10-24-16)18(23)22-8-5-12-11-13(19)3-4-15(12)22/h3-4,7,9,11,14,16H,2,5-6,8,10H2,1H3/t14-,16-/m1/s1. The lowest BCUT2D eigenvalue weighted by Gasteiger charge is -2.24. The number of ether oxygens (including phenoxy) is 1. The van der Waals surface area contributed by atoms with Crippen LogP contribution in [0.5, 0.6) is 0 Å². The van der Waals surface area contributed by atoms with Crippen molar-refractivity contribution in [3.8, 4) is 0 Å². The van der Waals surface area contributed by atoms with E-state index in [1.54, 1.807) is 17.2 Å². The van der Waals surface area contributed by atoms with Gasteiger partial charge in [-0.05, 0) is 43.5 Å². The summed E-state index contributed by atoms with van der Waals surface area (Å²) in [6.07, 6.45) is 4.73. The fourth-order valence-corrected chi connectivity index (χ4v) is 3.74. The van der Waals surface area contributed by atoms with E-state index in [1.807, 2.05) is 17.7 Å². The molecule has 1 amide bonds. The highest BCUT2D eigenvalue weighted by Crippen LogP contribution is 2.38. The van der Waals surface area contributed by atoms with Gasteiger partial charge in [0.1, 0.15) is 17.7 Å². The van der Waals surface area contributed by atoms with Gasteiger partial charge in [0.2, 0.25) is 5.91 Å². The molecule has 0 aliphatic carbocycles. The molecule has 24 heavy (non-hydrogen) atoms. The van der Waals surface area contributed by atoms with Crippen LogP contribution in [-0.4, -0.2) is 28.6 Å². The zero-order chi connectivity index (χ0) is 16.7. The summed E-state index contributed by atoms with van der Waals surface area (Å²) in [7, 11) is 0. The van der Waals surface area contributed by atoms with Gasteiger partial charge in [-0.25, -0.2) is 9.37 Å². The molecule has 3 heterocycles. The first-order valence-corrected chi connectivity index (χ1v) is 8.41. The highest BCUT2D eigenvalue weighted by Gasteiger charge is 2.41. The summed E-state index contributed by atoms with van der Waals surface area (Å²) in [5, 5.41) is 0. The lowest BCUT2D eigenvalue weighted by molar-refractivity contribution is -0.124. The average Bonchev–Trinajstić information content (AvgIpc) is 3.31. The van der Waals surface area contributed by atoms with Crippen molar-refractivity contribution in [1.29, 1.82) is 0 Å². The Kier molecular flexibility index (Phi) is 3.84. The molecule has 2 aliphatic rings. The second-order valence-corrected chi connectivity index (χ2v) is 6.27. The number of fused-ring (bicyclic) bond motifs is 1. The highest BCUT2D eigenvalue weighted by molar-refractivity contribution is 5.97. The van der Waals surface area contributed by atoms with Crippen molar-refractivity contribution >= 4 is 11.6 Å². The van der Waals surface area contributed by atoms with Gasteiger partial charge in [0.05, 0.1) is 5.92 Å². The van der Waals surface area contributed by atoms with Crippen molar-refractivity contribution in [1.82, 2.24) is 9.55 Å². The molecular weight excluding hydrogens is 309 g/mol. The zero-order valence-electron chi connectivity index (χ0n) is 13.6. The van der Waals surface area contributed by atoms with Crippen LogP contribution in [-0.2, 0) is 22.5 Å². The predicted molar refractivity (Wildman–Crippen MR) is 87.2 cm³/mol. The molecule has 1 saturated heterocycles. The summed E-state index contributed by atoms with van der Waals surface area (Å²) in [5.74, 6) is 0.365. The predicted octanol–water partition coefficient (Wildman–Crippen LogP) is 2.71. The first-order chi connectivity index (χ1) is 11.7. The van der Waals surface area contributed by atoms with Crippen LogP contribution in [0.1, 0.15) is 30.8 Å². The Bertz CT molecular complexity index is 773. The van der Waals surface area contributed by atoms with E-state index < -0.39 is 0 Å². The van der Waals surface area contributed by atoms with Crippen LogP contribution in [0.4, 0.5) is 10.1 Å². The molecule has 2 aliphatic heterocycles. The van der Waals surface area contributed by atoms with Crippen LogP contribution < -0.4 is 4.90 Å². The van der Waals surface area contributed by atoms with Crippen LogP contribution in [0.3, 0.4) is 0 Å². The van der Waals surface area contributed by atoms with E-state index in [2.05, 4.69) is 4.98 Å². The largest absolute Gasteiger partial charge is 0.369 e. The third-order valence-corrected chi connectivity index (χ3v) is 4.95. The second kappa shape index (κ2) is 6.02. The summed E-state index contributed by atoms with van der Waals surface area (Å²) in [4.78, 5) is 19.3. The maximum absolute atomic E-state index is 13.4. The lowest BCUT2D eigenvalue weighted by Crippen LogP contribution is -2.36. The van der Waals surface area contributed by atoms with Gasteiger partial charge in [-0.15, -0.1) is 0 Å². The first-order valence-electron chi connectivity index (χ1n) is 8.41. The Morgan fingerprint density at radius 1 is 1.46 bits per heavy atom. The number of benzene rings is 1. The van der Waals surface area contributed by atoms with E-state index in [9.17, 15) is 9.18 Å². The molecule has 0 saturated carbocycles. The van der Waals surface area contributed by atoms with Crippen LogP contribution in [0.25, 0.3) is 0 Å². The number of rotatable bonds is 3. The fourth-order valence-electron chi connectivity index (χ4n) is 3.74. The quantitative estimate of drug-likeness (QED) is 0.870. The molecule has 2 aromatic rings. The average molecular weight is 329 g/mol. The van der Waals surface area contributed by atoms with Crippen LogP contribution in [0.2, 0.25) is 0 Å². The minimum absolute atomic E-state index is 0.0495. The van der Waals surface area contributed by atoms with Gasteiger partial charge in [-0.1, -0.05) is 0 Å². The van der Waals surface area contributed by atoms with E-state index in [0.29, 0.717) is 26.0 Å². The summed E-state index contributed by atoms with van der Waals surface area (Å²) >= 11 is 0. The first kappa shape index (κ1) is 15.3. The molecule has 0 bridgehead atoms. The van der Waals surface area contributed by atoms with Crippen molar-refractivity contribution < 1.29 is 13.9 Å². The van der Waals surface area contributed by atoms with Gasteiger partial charge in [-0.2, -0.15) is 0 Å². The maximum Gasteiger partial charge on any atom is 0.233 e. The number of nitrogens with zero attached hydrogens (tertiary/aromatic N) is 3. The Morgan fingerprint density at radius 3 is 3.17 bits per heavy atom. The maximum atomic E-state index is 13.4. The van der Waals surface area contributed by atoms with Crippen molar-refractivity contribution in [3.05, 3.63) is 47.8 Å². The van der Waals surface area contributed by atoms with Gasteiger partial charge < -0.3 is 14.2 Å². The monoisotopic (exact) mass is 329 g/mol. The van der Waals surface area contributed by atoms with E-state index in [0.717, 1.165) is 23.6 Å². The molecule has 126 valence electrons. The van der Waals surface area contributed by atoms with Crippen molar-refractivity contribution in [2.45, 2.75) is 32.4 Å². The number of carbonyl (C=O) groups is 1. The third-order valence-electron chi connectivity index (χ3n) is 4.95. The molecule has 1 fully saturated rings. The minimum atomic E-state index is -0.308. The SMILES string of the molecule is CCn1ccnc1[C@@H]1OCC[C@H]1C(=O)N1CCc2cc(F)ccc21. The normalized spacial score (nSPS) is 22.8. The third kappa shape index (κ3) is 2.41. The number of carbonyl (C=O) groups excluding carboxylic acids is 1. The van der Waals surface area contributed by atoms with E-state index >= 15 is 0 Å². The molecular formula is C18H20FN3O2. The highest BCUT2D eigenvalue weighted by atomic mass is 19.1. The zero-order valence-corrected chi connectivity index (χ0v) is 13.6. The molecule has 6 heteroatoms. The number of hydrogen-bond acceptors (Lipinski definition) is 3. The summed E-state index contributed by atoms with van der Waals surface area (Å²) in [6, 6.07) is 4.64. The second-order valence-electron chi connectivity index (χ2n) is 6.27. The summed E-state index contributed by atoms with van der Waals surface area (Å²) in [5.41, 5.74) is 1.72. The Hall–Kier alpha value is -2.21. The van der Waals surface area contributed by atoms with Gasteiger partial charge in [-0.3, -0.25) is 4.79 Å². The van der Waals surface area contributed by atoms with E-state index in [-0.39, 0.29) is 23.7 Å². The topological polar surface area (TPSA) is 47.4 Å². The Labute approximate surface area is 140 Å². The molecule has 1 aromatic heterocycles. The number of halogens is 1. The molecule has 0 unspecified atom stereocenters. The number of anilines is 1. The van der Waals surface area contributed by atoms with E-state index in [1.165, 1.54) is 12.1 Å². The number of hydrogen-bond donors (Lipinski definition) is 0. The van der Waals surface area contributed by atoms with Crippen molar-refractivity contribution in [2.24, 2.45) is 5.92 Å². The van der Waals surface area contributed by atoms with Crippen molar-refractivity contribution in [3.63, 3.8) is 0 Å². The number of amides is 1. The molecule has 4 rings (SSSR count). The molecule has 5 nitrogen and oxygen atoms in total. The van der Waals surface area contributed by atoms with Gasteiger partial charge in [0.15, 0.2) is 0 Å². The van der Waals surface area contributed by atoms with Gasteiger partial charge in [0.25, 0.3) is 0 Å². The Morgan fingerprint density at radius 2 is 2.33 bits per heavy atom. The number of imidazole rings is 1. The molecule has 0 spiro atoms.